The molecule has 0 saturated carbocycles. The summed E-state index contributed by atoms with van der Waals surface area (Å²) < 4.78 is 0. The van der Waals surface area contributed by atoms with Crippen LogP contribution in [0.15, 0.2) is 0 Å². The maximum Gasteiger partial charge on any atom is 0.241 e. The Morgan fingerprint density at radius 2 is 2.11 bits per heavy atom. The molecule has 102 valence electrons. The van der Waals surface area contributed by atoms with Crippen molar-refractivity contribution in [3.8, 4) is 6.07 Å². The average molecular weight is 251 g/mol. The number of likely N-dealkylation sites (N-methyl/N-ethyl adjacent to an activating group) is 1. The normalized spacial score (nSPS) is 25.1. The van der Waals surface area contributed by atoms with Crippen molar-refractivity contribution in [2.24, 2.45) is 5.92 Å². The topological polar surface area (TPSA) is 47.3 Å². The first-order chi connectivity index (χ1) is 8.29. The van der Waals surface area contributed by atoms with Crippen molar-refractivity contribution >= 4 is 5.91 Å². The average Bonchev–Trinajstić information content (AvgIpc) is 2.34. The molecular formula is C14H25N3O. The van der Waals surface area contributed by atoms with Crippen molar-refractivity contribution in [2.45, 2.75) is 52.1 Å². The maximum absolute atomic E-state index is 12.6. The molecule has 0 aromatic carbocycles. The first kappa shape index (κ1) is 15.0. The van der Waals surface area contributed by atoms with Gasteiger partial charge in [0.05, 0.1) is 12.5 Å². The molecule has 0 aliphatic carbocycles. The number of hydrogen-bond acceptors (Lipinski definition) is 3. The molecule has 0 N–H and O–H groups in total. The van der Waals surface area contributed by atoms with Gasteiger partial charge in [-0.15, -0.1) is 0 Å². The van der Waals surface area contributed by atoms with Gasteiger partial charge in [-0.1, -0.05) is 13.8 Å². The third kappa shape index (κ3) is 3.23. The lowest BCUT2D eigenvalue weighted by molar-refractivity contribution is -0.140. The number of amides is 1. The van der Waals surface area contributed by atoms with E-state index in [1.165, 1.54) is 0 Å². The van der Waals surface area contributed by atoms with Crippen LogP contribution < -0.4 is 0 Å². The van der Waals surface area contributed by atoms with Crippen molar-refractivity contribution in [1.29, 1.82) is 5.26 Å². The summed E-state index contributed by atoms with van der Waals surface area (Å²) in [4.78, 5) is 16.6. The van der Waals surface area contributed by atoms with Gasteiger partial charge in [-0.2, -0.15) is 5.26 Å². The minimum atomic E-state index is -0.282. The smallest absolute Gasteiger partial charge is 0.241 e. The molecule has 1 fully saturated rings. The van der Waals surface area contributed by atoms with Crippen LogP contribution in [0.25, 0.3) is 0 Å². The summed E-state index contributed by atoms with van der Waals surface area (Å²) in [5.74, 6) is 0.551. The van der Waals surface area contributed by atoms with Gasteiger partial charge in [0.25, 0.3) is 0 Å². The molecule has 0 aromatic rings. The van der Waals surface area contributed by atoms with Gasteiger partial charge in [-0.3, -0.25) is 9.69 Å². The highest BCUT2D eigenvalue weighted by atomic mass is 16.2. The Hall–Kier alpha value is -1.08. The lowest BCUT2D eigenvalue weighted by atomic mass is 9.96. The van der Waals surface area contributed by atoms with E-state index in [1.807, 2.05) is 16.8 Å². The summed E-state index contributed by atoms with van der Waals surface area (Å²) >= 11 is 0. The highest BCUT2D eigenvalue weighted by Gasteiger charge is 2.39. The Morgan fingerprint density at radius 1 is 1.50 bits per heavy atom. The zero-order valence-corrected chi connectivity index (χ0v) is 12.2. The molecule has 1 aliphatic rings. The van der Waals surface area contributed by atoms with Crippen LogP contribution in [0.2, 0.25) is 0 Å². The monoisotopic (exact) mass is 251 g/mol. The molecule has 0 radical (unpaired) electrons. The summed E-state index contributed by atoms with van der Waals surface area (Å²) in [5.41, 5.74) is -0.125. The summed E-state index contributed by atoms with van der Waals surface area (Å²) in [7, 11) is 1.94. The Balaban J connectivity index is 3.01. The molecule has 1 heterocycles. The van der Waals surface area contributed by atoms with Gasteiger partial charge in [0.1, 0.15) is 6.04 Å². The predicted molar refractivity (Wildman–Crippen MR) is 71.9 cm³/mol. The molecule has 1 unspecified atom stereocenters. The molecular weight excluding hydrogens is 226 g/mol. The molecule has 4 nitrogen and oxygen atoms in total. The van der Waals surface area contributed by atoms with Crippen LogP contribution in [-0.2, 0) is 4.79 Å². The zero-order valence-electron chi connectivity index (χ0n) is 12.2. The van der Waals surface area contributed by atoms with E-state index in [0.717, 1.165) is 19.5 Å². The van der Waals surface area contributed by atoms with Crippen LogP contribution in [0.1, 0.15) is 40.5 Å². The Morgan fingerprint density at radius 3 is 2.61 bits per heavy atom. The summed E-state index contributed by atoms with van der Waals surface area (Å²) in [6.07, 6.45) is 1.23. The number of hydrogen-bond donors (Lipinski definition) is 0. The lowest BCUT2D eigenvalue weighted by Crippen LogP contribution is -2.52. The fraction of sp³-hybridized carbons (Fsp3) is 0.857. The molecule has 4 heteroatoms. The lowest BCUT2D eigenvalue weighted by Gasteiger charge is -2.39. The maximum atomic E-state index is 12.6. The van der Waals surface area contributed by atoms with Gasteiger partial charge in [-0.05, 0) is 33.2 Å². The molecule has 1 rings (SSSR count). The fourth-order valence-corrected chi connectivity index (χ4v) is 2.44. The van der Waals surface area contributed by atoms with Crippen LogP contribution in [0.4, 0.5) is 0 Å². The van der Waals surface area contributed by atoms with Crippen molar-refractivity contribution in [1.82, 2.24) is 9.80 Å². The predicted octanol–water partition coefficient (Wildman–Crippen LogP) is 1.87. The van der Waals surface area contributed by atoms with E-state index in [-0.39, 0.29) is 23.9 Å². The van der Waals surface area contributed by atoms with E-state index < -0.39 is 0 Å². The number of carbonyl (C=O) groups is 1. The minimum Gasteiger partial charge on any atom is -0.336 e. The fourth-order valence-electron chi connectivity index (χ4n) is 2.44. The summed E-state index contributed by atoms with van der Waals surface area (Å²) in [6, 6.07) is 1.86. The van der Waals surface area contributed by atoms with Crippen LogP contribution in [0.3, 0.4) is 0 Å². The van der Waals surface area contributed by atoms with Gasteiger partial charge in [-0.25, -0.2) is 0 Å². The van der Waals surface area contributed by atoms with E-state index >= 15 is 0 Å². The number of nitriles is 1. The minimum absolute atomic E-state index is 0.107. The van der Waals surface area contributed by atoms with Gasteiger partial charge >= 0.3 is 0 Å². The van der Waals surface area contributed by atoms with Gasteiger partial charge < -0.3 is 4.90 Å². The Bertz CT molecular complexity index is 343. The number of nitrogens with zero attached hydrogens (tertiary/aromatic N) is 3. The van der Waals surface area contributed by atoms with Crippen LogP contribution in [0, 0.1) is 17.2 Å². The number of carbonyl (C=O) groups excluding carboxylic acids is 1. The SMILES string of the molecule is CC(C)CN1C(=O)C(CC#N)N(C)CCC1(C)C. The standard InChI is InChI=1S/C14H25N3O/c1-11(2)10-17-13(18)12(6-8-15)16(5)9-7-14(17,3)4/h11-12H,6-7,9-10H2,1-5H3. The molecule has 18 heavy (non-hydrogen) atoms. The largest absolute Gasteiger partial charge is 0.336 e. The number of rotatable bonds is 3. The van der Waals surface area contributed by atoms with Crippen molar-refractivity contribution in [2.75, 3.05) is 20.1 Å². The molecule has 1 aliphatic heterocycles. The van der Waals surface area contributed by atoms with Gasteiger partial charge in [0.15, 0.2) is 0 Å². The van der Waals surface area contributed by atoms with Crippen LogP contribution in [0.5, 0.6) is 0 Å². The molecule has 0 aromatic heterocycles. The van der Waals surface area contributed by atoms with Crippen LogP contribution >= 0.6 is 0 Å². The van der Waals surface area contributed by atoms with Crippen molar-refractivity contribution in [3.63, 3.8) is 0 Å². The van der Waals surface area contributed by atoms with Gasteiger partial charge in [0, 0.05) is 18.6 Å². The van der Waals surface area contributed by atoms with Crippen molar-refractivity contribution in [3.05, 3.63) is 0 Å². The second kappa shape index (κ2) is 5.71. The van der Waals surface area contributed by atoms with Crippen LogP contribution in [-0.4, -0.2) is 47.4 Å². The van der Waals surface area contributed by atoms with E-state index in [2.05, 4.69) is 33.8 Å². The summed E-state index contributed by atoms with van der Waals surface area (Å²) in [6.45, 7) is 10.1. The van der Waals surface area contributed by atoms with E-state index in [1.54, 1.807) is 0 Å². The quantitative estimate of drug-likeness (QED) is 0.769. The molecule has 0 spiro atoms. The third-order valence-electron chi connectivity index (χ3n) is 3.72. The molecule has 1 amide bonds. The Kier molecular flexibility index (Phi) is 4.75. The Labute approximate surface area is 111 Å². The first-order valence-electron chi connectivity index (χ1n) is 6.68. The molecule has 1 saturated heterocycles. The van der Waals surface area contributed by atoms with E-state index in [9.17, 15) is 4.79 Å². The van der Waals surface area contributed by atoms with E-state index in [4.69, 9.17) is 5.26 Å². The summed E-state index contributed by atoms with van der Waals surface area (Å²) in [5, 5.41) is 8.90. The van der Waals surface area contributed by atoms with Crippen molar-refractivity contribution < 1.29 is 4.79 Å². The van der Waals surface area contributed by atoms with Gasteiger partial charge in [0.2, 0.25) is 5.91 Å². The zero-order chi connectivity index (χ0) is 13.9. The third-order valence-corrected chi connectivity index (χ3v) is 3.72. The first-order valence-corrected chi connectivity index (χ1v) is 6.68. The highest BCUT2D eigenvalue weighted by Crippen LogP contribution is 2.27. The second-order valence-corrected chi connectivity index (χ2v) is 6.26. The highest BCUT2D eigenvalue weighted by molar-refractivity contribution is 5.83. The van der Waals surface area contributed by atoms with E-state index in [0.29, 0.717) is 5.92 Å². The molecule has 1 atom stereocenters. The second-order valence-electron chi connectivity index (χ2n) is 6.26. The molecule has 0 bridgehead atoms.